The first-order valence-corrected chi connectivity index (χ1v) is 6.07. The van der Waals surface area contributed by atoms with Crippen molar-refractivity contribution in [3.63, 3.8) is 0 Å². The van der Waals surface area contributed by atoms with E-state index in [1.165, 1.54) is 0 Å². The minimum Gasteiger partial charge on any atom is -0.368 e. The molecule has 0 bridgehead atoms. The Morgan fingerprint density at radius 3 is 2.47 bits per heavy atom. The van der Waals surface area contributed by atoms with Gasteiger partial charge >= 0.3 is 0 Å². The molecule has 1 aromatic rings. The molecule has 1 aromatic heterocycles. The lowest BCUT2D eigenvalue weighted by molar-refractivity contribution is 0.418. The fourth-order valence-corrected chi connectivity index (χ4v) is 1.72. The monoisotopic (exact) mass is 236 g/mol. The van der Waals surface area contributed by atoms with Gasteiger partial charge in [0.2, 0.25) is 0 Å². The highest BCUT2D eigenvalue weighted by atomic mass is 15.2. The van der Waals surface area contributed by atoms with Gasteiger partial charge in [0.15, 0.2) is 0 Å². The molecule has 0 aromatic carbocycles. The van der Waals surface area contributed by atoms with E-state index in [2.05, 4.69) is 61.9 Å². The fraction of sp³-hybridized carbons (Fsp3) is 0.692. The van der Waals surface area contributed by atoms with Crippen molar-refractivity contribution in [1.29, 1.82) is 0 Å². The van der Waals surface area contributed by atoms with Crippen molar-refractivity contribution in [2.75, 3.05) is 23.8 Å². The van der Waals surface area contributed by atoms with Crippen LogP contribution in [-0.4, -0.2) is 29.6 Å². The van der Waals surface area contributed by atoms with Crippen LogP contribution in [0.2, 0.25) is 0 Å². The number of rotatable bonds is 4. The highest BCUT2D eigenvalue weighted by Gasteiger charge is 2.15. The summed E-state index contributed by atoms with van der Waals surface area (Å²) in [4.78, 5) is 10.7. The molecule has 96 valence electrons. The molecule has 0 amide bonds. The Labute approximate surface area is 104 Å². The van der Waals surface area contributed by atoms with Crippen LogP contribution in [-0.2, 0) is 0 Å². The largest absolute Gasteiger partial charge is 0.368 e. The molecule has 0 radical (unpaired) electrons. The van der Waals surface area contributed by atoms with Crippen molar-refractivity contribution >= 4 is 11.6 Å². The van der Waals surface area contributed by atoms with Crippen LogP contribution < -0.4 is 10.2 Å². The summed E-state index contributed by atoms with van der Waals surface area (Å²) in [6, 6.07) is 2.37. The smallest absolute Gasteiger partial charge is 0.133 e. The third-order valence-electron chi connectivity index (χ3n) is 2.19. The first-order valence-electron chi connectivity index (χ1n) is 6.07. The van der Waals surface area contributed by atoms with E-state index in [-0.39, 0.29) is 5.41 Å². The molecule has 0 aliphatic carbocycles. The van der Waals surface area contributed by atoms with E-state index in [1.807, 2.05) is 6.07 Å². The lowest BCUT2D eigenvalue weighted by Gasteiger charge is -2.27. The number of anilines is 2. The van der Waals surface area contributed by atoms with Crippen molar-refractivity contribution in [3.8, 4) is 0 Å². The van der Waals surface area contributed by atoms with Gasteiger partial charge in [0.25, 0.3) is 0 Å². The highest BCUT2D eigenvalue weighted by molar-refractivity contribution is 5.48. The van der Waals surface area contributed by atoms with Gasteiger partial charge in [0.1, 0.15) is 18.0 Å². The maximum Gasteiger partial charge on any atom is 0.133 e. The topological polar surface area (TPSA) is 41.0 Å². The van der Waals surface area contributed by atoms with Crippen molar-refractivity contribution in [3.05, 3.63) is 12.4 Å². The fourth-order valence-electron chi connectivity index (χ4n) is 1.72. The quantitative estimate of drug-likeness (QED) is 0.872. The van der Waals surface area contributed by atoms with Crippen LogP contribution in [0.4, 0.5) is 11.6 Å². The Balaban J connectivity index is 2.77. The molecule has 1 heterocycles. The Morgan fingerprint density at radius 2 is 1.94 bits per heavy atom. The average molecular weight is 236 g/mol. The van der Waals surface area contributed by atoms with Crippen molar-refractivity contribution in [2.24, 2.45) is 5.41 Å². The second kappa shape index (κ2) is 5.34. The van der Waals surface area contributed by atoms with Crippen LogP contribution >= 0.6 is 0 Å². The number of hydrogen-bond acceptors (Lipinski definition) is 4. The maximum atomic E-state index is 4.31. The zero-order valence-electron chi connectivity index (χ0n) is 11.8. The summed E-state index contributed by atoms with van der Waals surface area (Å²) in [5.74, 6) is 1.84. The Kier molecular flexibility index (Phi) is 4.32. The zero-order valence-corrected chi connectivity index (χ0v) is 11.8. The molecule has 0 unspecified atom stereocenters. The molecular weight excluding hydrogens is 212 g/mol. The van der Waals surface area contributed by atoms with Gasteiger partial charge in [-0.25, -0.2) is 9.97 Å². The normalized spacial score (nSPS) is 11.7. The Hall–Kier alpha value is -1.32. The molecule has 0 fully saturated rings. The van der Waals surface area contributed by atoms with E-state index in [1.54, 1.807) is 6.33 Å². The second-order valence-corrected chi connectivity index (χ2v) is 5.98. The minimum atomic E-state index is 0.255. The molecule has 1 N–H and O–H groups in total. The molecule has 0 spiro atoms. The van der Waals surface area contributed by atoms with Gasteiger partial charge in [-0.1, -0.05) is 20.8 Å². The van der Waals surface area contributed by atoms with E-state index in [9.17, 15) is 0 Å². The number of nitrogens with one attached hydrogen (secondary N) is 1. The lowest BCUT2D eigenvalue weighted by atomic mass is 9.96. The standard InChI is InChI=1S/C13H24N4/c1-10(2)16-11-7-12(15-9-14-11)17(6)8-13(3,4)5/h7,9-10H,8H2,1-6H3,(H,14,15,16). The Bertz CT molecular complexity index is 355. The van der Waals surface area contributed by atoms with Gasteiger partial charge in [0, 0.05) is 25.7 Å². The van der Waals surface area contributed by atoms with Gasteiger partial charge in [-0.2, -0.15) is 0 Å². The molecule has 0 saturated heterocycles. The summed E-state index contributed by atoms with van der Waals surface area (Å²) >= 11 is 0. The van der Waals surface area contributed by atoms with Crippen LogP contribution in [0.5, 0.6) is 0 Å². The second-order valence-electron chi connectivity index (χ2n) is 5.98. The minimum absolute atomic E-state index is 0.255. The molecule has 0 saturated carbocycles. The summed E-state index contributed by atoms with van der Waals surface area (Å²) in [6.07, 6.45) is 1.61. The van der Waals surface area contributed by atoms with E-state index in [0.717, 1.165) is 18.2 Å². The first-order chi connectivity index (χ1) is 7.78. The Morgan fingerprint density at radius 1 is 1.29 bits per heavy atom. The molecule has 17 heavy (non-hydrogen) atoms. The number of hydrogen-bond donors (Lipinski definition) is 1. The first kappa shape index (κ1) is 13.7. The van der Waals surface area contributed by atoms with Crippen molar-refractivity contribution in [2.45, 2.75) is 40.7 Å². The molecule has 0 aliphatic heterocycles. The van der Waals surface area contributed by atoms with Gasteiger partial charge in [-0.15, -0.1) is 0 Å². The maximum absolute atomic E-state index is 4.31. The third kappa shape index (κ3) is 5.02. The van der Waals surface area contributed by atoms with Crippen LogP contribution in [0, 0.1) is 5.41 Å². The highest BCUT2D eigenvalue weighted by Crippen LogP contribution is 2.19. The van der Waals surface area contributed by atoms with Gasteiger partial charge in [0.05, 0.1) is 0 Å². The van der Waals surface area contributed by atoms with E-state index < -0.39 is 0 Å². The van der Waals surface area contributed by atoms with Gasteiger partial charge in [-0.3, -0.25) is 0 Å². The summed E-state index contributed by atoms with van der Waals surface area (Å²) < 4.78 is 0. The lowest BCUT2D eigenvalue weighted by Crippen LogP contribution is -2.29. The van der Waals surface area contributed by atoms with Crippen LogP contribution in [0.15, 0.2) is 12.4 Å². The zero-order chi connectivity index (χ0) is 13.1. The predicted octanol–water partition coefficient (Wildman–Crippen LogP) is 2.78. The van der Waals surface area contributed by atoms with Crippen molar-refractivity contribution in [1.82, 2.24) is 9.97 Å². The van der Waals surface area contributed by atoms with Gasteiger partial charge in [-0.05, 0) is 19.3 Å². The predicted molar refractivity (Wildman–Crippen MR) is 73.5 cm³/mol. The molecule has 0 aliphatic rings. The van der Waals surface area contributed by atoms with E-state index >= 15 is 0 Å². The van der Waals surface area contributed by atoms with Crippen molar-refractivity contribution < 1.29 is 0 Å². The van der Waals surface area contributed by atoms with Crippen LogP contribution in [0.25, 0.3) is 0 Å². The number of aromatic nitrogens is 2. The summed E-state index contributed by atoms with van der Waals surface area (Å²) in [6.45, 7) is 11.8. The van der Waals surface area contributed by atoms with E-state index in [0.29, 0.717) is 6.04 Å². The third-order valence-corrected chi connectivity index (χ3v) is 2.19. The summed E-state index contributed by atoms with van der Waals surface area (Å²) in [5.41, 5.74) is 0.255. The average Bonchev–Trinajstić information content (AvgIpc) is 2.14. The molecule has 4 nitrogen and oxygen atoms in total. The molecule has 4 heteroatoms. The summed E-state index contributed by atoms with van der Waals surface area (Å²) in [7, 11) is 2.06. The van der Waals surface area contributed by atoms with Crippen LogP contribution in [0.3, 0.4) is 0 Å². The molecule has 1 rings (SSSR count). The summed E-state index contributed by atoms with van der Waals surface area (Å²) in [5, 5.41) is 3.29. The van der Waals surface area contributed by atoms with E-state index in [4.69, 9.17) is 0 Å². The number of nitrogens with zero attached hydrogens (tertiary/aromatic N) is 3. The SMILES string of the molecule is CC(C)Nc1cc(N(C)CC(C)(C)C)ncn1. The van der Waals surface area contributed by atoms with Crippen LogP contribution in [0.1, 0.15) is 34.6 Å². The molecule has 0 atom stereocenters. The molecular formula is C13H24N4. The van der Waals surface area contributed by atoms with Gasteiger partial charge < -0.3 is 10.2 Å².